The minimum Gasteiger partial charge on any atom is -0.387 e. The van der Waals surface area contributed by atoms with Crippen LogP contribution in [0.5, 0.6) is 0 Å². The SMILES string of the molecule is CC(=O)NC1=CC(=[N+]2CCCC2)C(C)=C/C1=C1/C(=O)C(c2cc(C)c(N3CCCC3)cc2NC(C)=O)C1O. The number of anilines is 2. The molecule has 0 spiro atoms. The van der Waals surface area contributed by atoms with Gasteiger partial charge in [-0.25, -0.2) is 4.58 Å². The standard InChI is InChI=1S/C30H36N4O4/c1-17-13-21(23(31-19(3)35)15-25(17)33-9-5-6-10-33)27-29(37)28(30(27)38)22-14-18(2)26(34-11-7-8-12-34)16-24(22)32-20(4)36/h13-16,27,29,37H,5-12H2,1-4H3,(H,31,35)/p+1/b28-22-. The van der Waals surface area contributed by atoms with Gasteiger partial charge in [-0.1, -0.05) is 6.07 Å². The second-order valence-electron chi connectivity index (χ2n) is 10.9. The molecule has 1 saturated carbocycles. The van der Waals surface area contributed by atoms with E-state index in [0.29, 0.717) is 28.1 Å². The van der Waals surface area contributed by atoms with Crippen LogP contribution in [0.3, 0.4) is 0 Å². The minimum absolute atomic E-state index is 0.197. The summed E-state index contributed by atoms with van der Waals surface area (Å²) in [6.45, 7) is 10.7. The van der Waals surface area contributed by atoms with E-state index < -0.39 is 12.0 Å². The van der Waals surface area contributed by atoms with Crippen molar-refractivity contribution in [1.82, 2.24) is 5.32 Å². The Kier molecular flexibility index (Phi) is 7.09. The number of rotatable bonds is 4. The lowest BCUT2D eigenvalue weighted by Crippen LogP contribution is -2.45. The van der Waals surface area contributed by atoms with Gasteiger partial charge in [-0.05, 0) is 50.0 Å². The quantitative estimate of drug-likeness (QED) is 0.421. The van der Waals surface area contributed by atoms with E-state index >= 15 is 0 Å². The molecule has 2 aliphatic heterocycles. The Hall–Kier alpha value is -3.52. The number of hydrogen-bond donors (Lipinski definition) is 3. The number of Topliss-reactive ketones (excluding diaryl/α,β-unsaturated/α-hetero) is 1. The molecular weight excluding hydrogens is 480 g/mol. The molecule has 3 N–H and O–H groups in total. The zero-order valence-electron chi connectivity index (χ0n) is 22.7. The van der Waals surface area contributed by atoms with Crippen LogP contribution in [0.4, 0.5) is 11.4 Å². The maximum Gasteiger partial charge on any atom is 0.221 e. The largest absolute Gasteiger partial charge is 0.387 e. The molecule has 0 radical (unpaired) electrons. The normalized spacial score (nSPS) is 25.3. The van der Waals surface area contributed by atoms with Gasteiger partial charge in [-0.2, -0.15) is 0 Å². The summed E-state index contributed by atoms with van der Waals surface area (Å²) >= 11 is 0. The van der Waals surface area contributed by atoms with Crippen molar-refractivity contribution in [2.24, 2.45) is 0 Å². The van der Waals surface area contributed by atoms with E-state index in [2.05, 4.69) is 20.1 Å². The second-order valence-corrected chi connectivity index (χ2v) is 10.9. The predicted octanol–water partition coefficient (Wildman–Crippen LogP) is 3.10. The van der Waals surface area contributed by atoms with Crippen LogP contribution in [-0.4, -0.2) is 65.3 Å². The minimum atomic E-state index is -1.06. The molecule has 1 aromatic carbocycles. The predicted molar refractivity (Wildman–Crippen MR) is 148 cm³/mol. The van der Waals surface area contributed by atoms with Crippen LogP contribution in [0.15, 0.2) is 46.7 Å². The van der Waals surface area contributed by atoms with Gasteiger partial charge in [-0.15, -0.1) is 0 Å². The lowest BCUT2D eigenvalue weighted by atomic mass is 9.68. The van der Waals surface area contributed by atoms with Gasteiger partial charge in [0.15, 0.2) is 5.78 Å². The molecule has 8 nitrogen and oxygen atoms in total. The molecule has 5 rings (SSSR count). The molecular formula is C30H37N4O4+. The number of amides is 2. The topological polar surface area (TPSA) is 102 Å². The van der Waals surface area contributed by atoms with E-state index in [1.807, 2.05) is 38.1 Å². The van der Waals surface area contributed by atoms with Gasteiger partial charge in [-0.3, -0.25) is 14.4 Å². The van der Waals surface area contributed by atoms with Crippen LogP contribution in [0.1, 0.15) is 63.5 Å². The first-order chi connectivity index (χ1) is 18.2. The lowest BCUT2D eigenvalue weighted by Gasteiger charge is -2.38. The number of nitrogens with zero attached hydrogens (tertiary/aromatic N) is 2. The number of nitrogens with one attached hydrogen (secondary N) is 2. The molecule has 0 aromatic heterocycles. The van der Waals surface area contributed by atoms with Gasteiger partial charge in [0.05, 0.1) is 17.7 Å². The number of carbonyl (C=O) groups excluding carboxylic acids is 3. The van der Waals surface area contributed by atoms with Gasteiger partial charge in [0.1, 0.15) is 13.1 Å². The summed E-state index contributed by atoms with van der Waals surface area (Å²) in [5.74, 6) is -1.45. The van der Waals surface area contributed by atoms with E-state index in [0.717, 1.165) is 74.4 Å². The number of aryl methyl sites for hydroxylation is 1. The fraction of sp³-hybridized carbons (Fsp3) is 0.467. The van der Waals surface area contributed by atoms with E-state index in [1.54, 1.807) is 0 Å². The first-order valence-electron chi connectivity index (χ1n) is 13.6. The zero-order valence-corrected chi connectivity index (χ0v) is 22.7. The van der Waals surface area contributed by atoms with Gasteiger partial charge in [0.2, 0.25) is 17.5 Å². The highest BCUT2D eigenvalue weighted by molar-refractivity contribution is 6.14. The lowest BCUT2D eigenvalue weighted by molar-refractivity contribution is -0.504. The molecule has 2 saturated heterocycles. The van der Waals surface area contributed by atoms with E-state index in [4.69, 9.17) is 0 Å². The highest BCUT2D eigenvalue weighted by Crippen LogP contribution is 2.46. The first kappa shape index (κ1) is 26.1. The maximum absolute atomic E-state index is 13.7. The summed E-state index contributed by atoms with van der Waals surface area (Å²) in [6.07, 6.45) is 7.27. The number of aliphatic hydroxyl groups excluding tert-OH is 1. The highest BCUT2D eigenvalue weighted by atomic mass is 16.3. The number of aliphatic hydroxyl groups is 1. The second kappa shape index (κ2) is 10.3. The van der Waals surface area contributed by atoms with Gasteiger partial charge < -0.3 is 20.6 Å². The summed E-state index contributed by atoms with van der Waals surface area (Å²) in [6, 6.07) is 3.87. The molecule has 2 atom stereocenters. The van der Waals surface area contributed by atoms with Crippen LogP contribution in [0, 0.1) is 6.92 Å². The van der Waals surface area contributed by atoms with E-state index in [1.165, 1.54) is 13.8 Å². The number of benzene rings is 1. The highest BCUT2D eigenvalue weighted by Gasteiger charge is 2.48. The number of carbonyl (C=O) groups is 3. The Bertz CT molecular complexity index is 1340. The Morgan fingerprint density at radius 2 is 1.63 bits per heavy atom. The molecule has 8 heteroatoms. The Labute approximate surface area is 223 Å². The van der Waals surface area contributed by atoms with Crippen LogP contribution < -0.4 is 15.5 Å². The third-order valence-corrected chi connectivity index (χ3v) is 8.00. The van der Waals surface area contributed by atoms with Crippen molar-refractivity contribution in [3.63, 3.8) is 0 Å². The zero-order chi connectivity index (χ0) is 27.1. The number of ketones is 1. The third kappa shape index (κ3) is 4.73. The van der Waals surface area contributed by atoms with Crippen molar-refractivity contribution in [3.05, 3.63) is 57.8 Å². The molecule has 3 fully saturated rings. The Morgan fingerprint density at radius 3 is 2.24 bits per heavy atom. The Morgan fingerprint density at radius 1 is 0.974 bits per heavy atom. The average molecular weight is 518 g/mol. The van der Waals surface area contributed by atoms with Crippen LogP contribution in [0.25, 0.3) is 0 Å². The Balaban J connectivity index is 1.54. The first-order valence-corrected chi connectivity index (χ1v) is 13.6. The molecule has 1 aromatic rings. The smallest absolute Gasteiger partial charge is 0.221 e. The average Bonchev–Trinajstić information content (AvgIpc) is 3.57. The maximum atomic E-state index is 13.7. The fourth-order valence-electron chi connectivity index (χ4n) is 6.21. The van der Waals surface area contributed by atoms with Gasteiger partial charge in [0, 0.05) is 73.9 Å². The molecule has 2 heterocycles. The molecule has 0 bridgehead atoms. The van der Waals surface area contributed by atoms with E-state index in [-0.39, 0.29) is 17.6 Å². The number of allylic oxidation sites excluding steroid dienone is 3. The monoisotopic (exact) mass is 517 g/mol. The fourth-order valence-corrected chi connectivity index (χ4v) is 6.21. The molecule has 2 amide bonds. The summed E-state index contributed by atoms with van der Waals surface area (Å²) < 4.78 is 2.29. The summed E-state index contributed by atoms with van der Waals surface area (Å²) in [5.41, 5.74) is 6.65. The third-order valence-electron chi connectivity index (χ3n) is 8.00. The van der Waals surface area contributed by atoms with Gasteiger partial charge >= 0.3 is 0 Å². The van der Waals surface area contributed by atoms with Gasteiger partial charge in [0.25, 0.3) is 0 Å². The van der Waals surface area contributed by atoms with Crippen molar-refractivity contribution < 1.29 is 24.1 Å². The summed E-state index contributed by atoms with van der Waals surface area (Å²) in [5, 5.41) is 17.2. The van der Waals surface area contributed by atoms with Crippen LogP contribution in [0.2, 0.25) is 0 Å². The van der Waals surface area contributed by atoms with Crippen LogP contribution in [-0.2, 0) is 14.4 Å². The van der Waals surface area contributed by atoms with Crippen molar-refractivity contribution in [2.45, 2.75) is 65.4 Å². The molecule has 4 aliphatic rings. The van der Waals surface area contributed by atoms with Crippen molar-refractivity contribution in [1.29, 1.82) is 0 Å². The van der Waals surface area contributed by atoms with Crippen molar-refractivity contribution in [3.8, 4) is 0 Å². The van der Waals surface area contributed by atoms with E-state index in [9.17, 15) is 19.5 Å². The summed E-state index contributed by atoms with van der Waals surface area (Å²) in [7, 11) is 0. The molecule has 200 valence electrons. The molecule has 2 aliphatic carbocycles. The molecule has 2 unspecified atom stereocenters. The molecule has 38 heavy (non-hydrogen) atoms. The van der Waals surface area contributed by atoms with Crippen LogP contribution >= 0.6 is 0 Å². The van der Waals surface area contributed by atoms with Crippen molar-refractivity contribution >= 4 is 34.7 Å². The number of hydrogen-bond acceptors (Lipinski definition) is 5. The van der Waals surface area contributed by atoms with Crippen molar-refractivity contribution in [2.75, 3.05) is 36.4 Å². The summed E-state index contributed by atoms with van der Waals surface area (Å²) in [4.78, 5) is 40.1.